The van der Waals surface area contributed by atoms with Crippen LogP contribution in [0.25, 0.3) is 0 Å². The van der Waals surface area contributed by atoms with E-state index in [-0.39, 0.29) is 0 Å². The van der Waals surface area contributed by atoms with Crippen molar-refractivity contribution in [1.29, 1.82) is 0 Å². The summed E-state index contributed by atoms with van der Waals surface area (Å²) in [5.41, 5.74) is 0.442. The van der Waals surface area contributed by atoms with Crippen LogP contribution < -0.4 is 5.32 Å². The maximum atomic E-state index is 5.23. The largest absolute Gasteiger partial charge is 0.380 e. The van der Waals surface area contributed by atoms with Crippen LogP contribution >= 0.6 is 0 Å². The molecular formula is C9H19NO. The van der Waals surface area contributed by atoms with Crippen LogP contribution in [-0.2, 0) is 4.74 Å². The molecule has 1 N–H and O–H groups in total. The molecule has 1 aliphatic rings. The summed E-state index contributed by atoms with van der Waals surface area (Å²) in [4.78, 5) is 0. The summed E-state index contributed by atoms with van der Waals surface area (Å²) in [6, 6.07) is 0. The van der Waals surface area contributed by atoms with E-state index in [2.05, 4.69) is 12.2 Å². The quantitative estimate of drug-likeness (QED) is 0.611. The minimum Gasteiger partial charge on any atom is -0.380 e. The Morgan fingerprint density at radius 2 is 2.18 bits per heavy atom. The van der Waals surface area contributed by atoms with Gasteiger partial charge in [0.15, 0.2) is 0 Å². The van der Waals surface area contributed by atoms with Crippen molar-refractivity contribution in [1.82, 2.24) is 5.32 Å². The zero-order valence-corrected chi connectivity index (χ0v) is 7.65. The Morgan fingerprint density at radius 3 is 2.64 bits per heavy atom. The minimum absolute atomic E-state index is 0.442. The van der Waals surface area contributed by atoms with E-state index in [9.17, 15) is 0 Å². The molecule has 0 aromatic heterocycles. The Hall–Kier alpha value is -0.0800. The molecule has 1 aliphatic carbocycles. The van der Waals surface area contributed by atoms with Gasteiger partial charge in [0.05, 0.1) is 6.61 Å². The third-order valence-electron chi connectivity index (χ3n) is 2.46. The van der Waals surface area contributed by atoms with Crippen LogP contribution in [-0.4, -0.2) is 25.3 Å². The lowest BCUT2D eigenvalue weighted by Gasteiger charge is -2.39. The van der Waals surface area contributed by atoms with Crippen LogP contribution in [0.15, 0.2) is 0 Å². The molecule has 0 amide bonds. The first kappa shape index (κ1) is 9.01. The van der Waals surface area contributed by atoms with Gasteiger partial charge in [-0.2, -0.15) is 0 Å². The van der Waals surface area contributed by atoms with Crippen LogP contribution in [0.3, 0.4) is 0 Å². The number of hydrogen-bond acceptors (Lipinski definition) is 2. The van der Waals surface area contributed by atoms with Gasteiger partial charge in [-0.15, -0.1) is 0 Å². The Morgan fingerprint density at radius 1 is 1.45 bits per heavy atom. The summed E-state index contributed by atoms with van der Waals surface area (Å²) < 4.78 is 5.23. The second-order valence-electron chi connectivity index (χ2n) is 3.54. The van der Waals surface area contributed by atoms with Gasteiger partial charge in [-0.1, -0.05) is 0 Å². The Bertz CT molecular complexity index is 110. The van der Waals surface area contributed by atoms with E-state index < -0.39 is 0 Å². The molecule has 0 spiro atoms. The smallest absolute Gasteiger partial charge is 0.0590 e. The maximum absolute atomic E-state index is 5.23. The minimum atomic E-state index is 0.442. The van der Waals surface area contributed by atoms with E-state index in [1.165, 1.54) is 19.3 Å². The van der Waals surface area contributed by atoms with E-state index in [0.29, 0.717) is 5.54 Å². The molecule has 0 heterocycles. The molecule has 0 aromatic rings. The van der Waals surface area contributed by atoms with Crippen molar-refractivity contribution in [2.45, 2.75) is 38.6 Å². The highest BCUT2D eigenvalue weighted by molar-refractivity contribution is 4.90. The van der Waals surface area contributed by atoms with E-state index in [4.69, 9.17) is 4.74 Å². The average molecular weight is 157 g/mol. The van der Waals surface area contributed by atoms with E-state index in [1.54, 1.807) is 0 Å². The van der Waals surface area contributed by atoms with Crippen molar-refractivity contribution >= 4 is 0 Å². The van der Waals surface area contributed by atoms with Gasteiger partial charge >= 0.3 is 0 Å². The zero-order valence-electron chi connectivity index (χ0n) is 7.65. The van der Waals surface area contributed by atoms with Crippen LogP contribution in [0.2, 0.25) is 0 Å². The summed E-state index contributed by atoms with van der Waals surface area (Å²) in [5, 5.41) is 3.51. The molecule has 0 radical (unpaired) electrons. The molecule has 2 heteroatoms. The van der Waals surface area contributed by atoms with Crippen molar-refractivity contribution in [3.63, 3.8) is 0 Å². The monoisotopic (exact) mass is 157 g/mol. The number of nitrogens with one attached hydrogen (secondary N) is 1. The lowest BCUT2D eigenvalue weighted by Crippen LogP contribution is -2.49. The third-order valence-corrected chi connectivity index (χ3v) is 2.46. The normalized spacial score (nSPS) is 21.3. The molecule has 2 nitrogen and oxygen atoms in total. The van der Waals surface area contributed by atoms with Gasteiger partial charge in [-0.25, -0.2) is 0 Å². The predicted molar refractivity (Wildman–Crippen MR) is 46.8 cm³/mol. The Balaban J connectivity index is 1.94. The summed E-state index contributed by atoms with van der Waals surface area (Å²) >= 11 is 0. The SMILES string of the molecule is CCOCCNC1(C)CCC1. The molecule has 1 saturated carbocycles. The number of ether oxygens (including phenoxy) is 1. The van der Waals surface area contributed by atoms with Gasteiger partial charge in [-0.05, 0) is 33.1 Å². The summed E-state index contributed by atoms with van der Waals surface area (Å²) in [6.07, 6.45) is 4.05. The van der Waals surface area contributed by atoms with Crippen molar-refractivity contribution in [3.05, 3.63) is 0 Å². The van der Waals surface area contributed by atoms with Crippen molar-refractivity contribution in [2.75, 3.05) is 19.8 Å². The van der Waals surface area contributed by atoms with Gasteiger partial charge in [0.25, 0.3) is 0 Å². The van der Waals surface area contributed by atoms with Gasteiger partial charge < -0.3 is 10.1 Å². The van der Waals surface area contributed by atoms with Gasteiger partial charge in [0, 0.05) is 18.7 Å². The first-order chi connectivity index (χ1) is 5.27. The summed E-state index contributed by atoms with van der Waals surface area (Å²) in [6.45, 7) is 7.02. The fourth-order valence-corrected chi connectivity index (χ4v) is 1.45. The number of hydrogen-bond donors (Lipinski definition) is 1. The van der Waals surface area contributed by atoms with Gasteiger partial charge in [0.1, 0.15) is 0 Å². The van der Waals surface area contributed by atoms with Crippen molar-refractivity contribution in [3.8, 4) is 0 Å². The van der Waals surface area contributed by atoms with Crippen LogP contribution in [0.4, 0.5) is 0 Å². The molecule has 0 aliphatic heterocycles. The summed E-state index contributed by atoms with van der Waals surface area (Å²) in [7, 11) is 0. The average Bonchev–Trinajstić information content (AvgIpc) is 1.95. The lowest BCUT2D eigenvalue weighted by atomic mass is 9.78. The van der Waals surface area contributed by atoms with Gasteiger partial charge in [-0.3, -0.25) is 0 Å². The molecule has 0 unspecified atom stereocenters. The fourth-order valence-electron chi connectivity index (χ4n) is 1.45. The molecule has 0 aromatic carbocycles. The second-order valence-corrected chi connectivity index (χ2v) is 3.54. The predicted octanol–water partition coefficient (Wildman–Crippen LogP) is 1.56. The van der Waals surface area contributed by atoms with Crippen LogP contribution in [0.5, 0.6) is 0 Å². The molecule has 0 saturated heterocycles. The topological polar surface area (TPSA) is 21.3 Å². The highest BCUT2D eigenvalue weighted by atomic mass is 16.5. The van der Waals surface area contributed by atoms with Crippen LogP contribution in [0, 0.1) is 0 Å². The molecule has 0 atom stereocenters. The van der Waals surface area contributed by atoms with E-state index in [1.807, 2.05) is 6.92 Å². The molecule has 1 fully saturated rings. The standard InChI is InChI=1S/C9H19NO/c1-3-11-8-7-10-9(2)5-4-6-9/h10H,3-8H2,1-2H3. The Kier molecular flexibility index (Phi) is 3.34. The van der Waals surface area contributed by atoms with Gasteiger partial charge in [0.2, 0.25) is 0 Å². The maximum Gasteiger partial charge on any atom is 0.0590 e. The van der Waals surface area contributed by atoms with E-state index in [0.717, 1.165) is 19.8 Å². The first-order valence-corrected chi connectivity index (χ1v) is 4.60. The first-order valence-electron chi connectivity index (χ1n) is 4.60. The Labute approximate surface area is 69.3 Å². The summed E-state index contributed by atoms with van der Waals surface area (Å²) in [5.74, 6) is 0. The van der Waals surface area contributed by atoms with Crippen LogP contribution in [0.1, 0.15) is 33.1 Å². The highest BCUT2D eigenvalue weighted by Gasteiger charge is 2.30. The zero-order chi connectivity index (χ0) is 8.16. The molecule has 66 valence electrons. The molecule has 1 rings (SSSR count). The molecule has 11 heavy (non-hydrogen) atoms. The second kappa shape index (κ2) is 4.07. The molecule has 0 bridgehead atoms. The highest BCUT2D eigenvalue weighted by Crippen LogP contribution is 2.30. The molecular weight excluding hydrogens is 138 g/mol. The number of rotatable bonds is 5. The fraction of sp³-hybridized carbons (Fsp3) is 1.00. The van der Waals surface area contributed by atoms with E-state index >= 15 is 0 Å². The lowest BCUT2D eigenvalue weighted by molar-refractivity contribution is 0.126. The third kappa shape index (κ3) is 2.80. The van der Waals surface area contributed by atoms with Crippen molar-refractivity contribution < 1.29 is 4.74 Å². The van der Waals surface area contributed by atoms with Crippen molar-refractivity contribution in [2.24, 2.45) is 0 Å².